The van der Waals surface area contributed by atoms with Crippen molar-refractivity contribution in [2.24, 2.45) is 0 Å². The number of hydrogen-bond acceptors (Lipinski definition) is 5. The van der Waals surface area contributed by atoms with E-state index in [1.165, 1.54) is 0 Å². The standard InChI is InChI=1S/C17H19N7O/c25-17(22-8-1-2-16(11-22)23-9-7-18-12-23)10-14-3-5-15(6-4-14)24-13-19-20-21-24/h3-7,9,12-13,16H,1-2,8,10-11H2/t16-/m0/s1. The molecule has 1 aromatic carbocycles. The minimum atomic E-state index is 0.167. The zero-order valence-electron chi connectivity index (χ0n) is 13.8. The topological polar surface area (TPSA) is 81.7 Å². The van der Waals surface area contributed by atoms with Crippen LogP contribution >= 0.6 is 0 Å². The second-order valence-corrected chi connectivity index (χ2v) is 6.24. The van der Waals surface area contributed by atoms with Crippen molar-refractivity contribution in [3.63, 3.8) is 0 Å². The lowest BCUT2D eigenvalue weighted by molar-refractivity contribution is -0.132. The summed E-state index contributed by atoms with van der Waals surface area (Å²) in [6.07, 6.45) is 9.64. The van der Waals surface area contributed by atoms with Crippen molar-refractivity contribution in [3.05, 3.63) is 54.9 Å². The highest BCUT2D eigenvalue weighted by atomic mass is 16.2. The van der Waals surface area contributed by atoms with Crippen LogP contribution in [0.5, 0.6) is 0 Å². The van der Waals surface area contributed by atoms with Gasteiger partial charge in [-0.15, -0.1) is 5.10 Å². The Bertz CT molecular complexity index is 811. The largest absolute Gasteiger partial charge is 0.340 e. The Hall–Kier alpha value is -3.03. The maximum Gasteiger partial charge on any atom is 0.227 e. The van der Waals surface area contributed by atoms with Crippen LogP contribution in [0, 0.1) is 0 Å². The molecule has 3 heterocycles. The van der Waals surface area contributed by atoms with Gasteiger partial charge in [-0.2, -0.15) is 0 Å². The van der Waals surface area contributed by atoms with Crippen LogP contribution in [0.25, 0.3) is 5.69 Å². The average molecular weight is 337 g/mol. The van der Waals surface area contributed by atoms with E-state index in [-0.39, 0.29) is 5.91 Å². The number of carbonyl (C=O) groups is 1. The van der Waals surface area contributed by atoms with E-state index in [1.807, 2.05) is 41.7 Å². The Morgan fingerprint density at radius 1 is 1.20 bits per heavy atom. The Labute approximate surface area is 145 Å². The first kappa shape index (κ1) is 15.5. The summed E-state index contributed by atoms with van der Waals surface area (Å²) in [6, 6.07) is 8.06. The molecule has 0 unspecified atom stereocenters. The molecule has 8 heteroatoms. The molecule has 1 atom stereocenters. The molecule has 1 aliphatic heterocycles. The van der Waals surface area contributed by atoms with Crippen molar-refractivity contribution < 1.29 is 4.79 Å². The lowest BCUT2D eigenvalue weighted by Crippen LogP contribution is -2.41. The maximum absolute atomic E-state index is 12.7. The van der Waals surface area contributed by atoms with Gasteiger partial charge in [-0.3, -0.25) is 4.79 Å². The summed E-state index contributed by atoms with van der Waals surface area (Å²) in [5.41, 5.74) is 1.87. The highest BCUT2D eigenvalue weighted by Crippen LogP contribution is 2.22. The smallest absolute Gasteiger partial charge is 0.227 e. The summed E-state index contributed by atoms with van der Waals surface area (Å²) < 4.78 is 3.69. The molecule has 1 aliphatic rings. The van der Waals surface area contributed by atoms with Gasteiger partial charge in [0.1, 0.15) is 6.33 Å². The molecular weight excluding hydrogens is 318 g/mol. The number of hydrogen-bond donors (Lipinski definition) is 0. The summed E-state index contributed by atoms with van der Waals surface area (Å²) in [4.78, 5) is 18.7. The molecule has 0 aliphatic carbocycles. The van der Waals surface area contributed by atoms with Crippen molar-refractivity contribution in [1.29, 1.82) is 0 Å². The zero-order chi connectivity index (χ0) is 17.1. The number of aromatic nitrogens is 6. The first-order chi connectivity index (χ1) is 12.3. The first-order valence-corrected chi connectivity index (χ1v) is 8.37. The highest BCUT2D eigenvalue weighted by Gasteiger charge is 2.24. The molecule has 4 rings (SSSR count). The van der Waals surface area contributed by atoms with Crippen molar-refractivity contribution in [3.8, 4) is 5.69 Å². The molecule has 1 amide bonds. The Morgan fingerprint density at radius 2 is 2.08 bits per heavy atom. The van der Waals surface area contributed by atoms with E-state index in [1.54, 1.807) is 17.2 Å². The van der Waals surface area contributed by atoms with E-state index in [0.29, 0.717) is 12.5 Å². The van der Waals surface area contributed by atoms with Gasteiger partial charge in [0.15, 0.2) is 0 Å². The van der Waals surface area contributed by atoms with Gasteiger partial charge in [-0.05, 0) is 41.0 Å². The van der Waals surface area contributed by atoms with Crippen LogP contribution in [0.3, 0.4) is 0 Å². The van der Waals surface area contributed by atoms with Gasteiger partial charge in [0.05, 0.1) is 24.5 Å². The quantitative estimate of drug-likeness (QED) is 0.716. The summed E-state index contributed by atoms with van der Waals surface area (Å²) in [7, 11) is 0. The van der Waals surface area contributed by atoms with Gasteiger partial charge in [-0.25, -0.2) is 9.67 Å². The van der Waals surface area contributed by atoms with E-state index < -0.39 is 0 Å². The number of likely N-dealkylation sites (tertiary alicyclic amines) is 1. The predicted molar refractivity (Wildman–Crippen MR) is 89.9 cm³/mol. The van der Waals surface area contributed by atoms with Crippen LogP contribution in [0.2, 0.25) is 0 Å². The number of benzene rings is 1. The number of tetrazole rings is 1. The molecule has 25 heavy (non-hydrogen) atoms. The third-order valence-electron chi connectivity index (χ3n) is 4.60. The van der Waals surface area contributed by atoms with Crippen LogP contribution in [0.1, 0.15) is 24.4 Å². The highest BCUT2D eigenvalue weighted by molar-refractivity contribution is 5.79. The van der Waals surface area contributed by atoms with Gasteiger partial charge in [-0.1, -0.05) is 12.1 Å². The first-order valence-electron chi connectivity index (χ1n) is 8.37. The van der Waals surface area contributed by atoms with Crippen molar-refractivity contribution >= 4 is 5.91 Å². The van der Waals surface area contributed by atoms with E-state index in [2.05, 4.69) is 25.1 Å². The molecule has 1 fully saturated rings. The monoisotopic (exact) mass is 337 g/mol. The number of piperidine rings is 1. The lowest BCUT2D eigenvalue weighted by Gasteiger charge is -2.33. The third kappa shape index (κ3) is 3.42. The van der Waals surface area contributed by atoms with Crippen molar-refractivity contribution in [2.75, 3.05) is 13.1 Å². The second-order valence-electron chi connectivity index (χ2n) is 6.24. The van der Waals surface area contributed by atoms with Gasteiger partial charge in [0, 0.05) is 25.5 Å². The molecule has 0 spiro atoms. The minimum absolute atomic E-state index is 0.167. The van der Waals surface area contributed by atoms with E-state index in [4.69, 9.17) is 0 Å². The van der Waals surface area contributed by atoms with Crippen LogP contribution in [0.15, 0.2) is 49.3 Å². The van der Waals surface area contributed by atoms with E-state index >= 15 is 0 Å². The fourth-order valence-corrected chi connectivity index (χ4v) is 3.24. The Kier molecular flexibility index (Phi) is 4.24. The molecule has 0 N–H and O–H groups in total. The zero-order valence-corrected chi connectivity index (χ0v) is 13.8. The molecule has 1 saturated heterocycles. The summed E-state index contributed by atoms with van der Waals surface area (Å²) in [5, 5.41) is 11.1. The normalized spacial score (nSPS) is 17.6. The predicted octanol–water partition coefficient (Wildman–Crippen LogP) is 1.26. The van der Waals surface area contributed by atoms with E-state index in [0.717, 1.165) is 37.2 Å². The molecular formula is C17H19N7O. The minimum Gasteiger partial charge on any atom is -0.340 e. The van der Waals surface area contributed by atoms with Crippen LogP contribution in [0.4, 0.5) is 0 Å². The molecule has 0 radical (unpaired) electrons. The average Bonchev–Trinajstić information content (AvgIpc) is 3.36. The number of nitrogens with zero attached hydrogens (tertiary/aromatic N) is 7. The maximum atomic E-state index is 12.7. The number of rotatable bonds is 4. The summed E-state index contributed by atoms with van der Waals surface area (Å²) >= 11 is 0. The third-order valence-corrected chi connectivity index (χ3v) is 4.60. The van der Waals surface area contributed by atoms with Gasteiger partial charge in [0.2, 0.25) is 5.91 Å². The summed E-state index contributed by atoms with van der Waals surface area (Å²) in [5.74, 6) is 0.167. The summed E-state index contributed by atoms with van der Waals surface area (Å²) in [6.45, 7) is 1.57. The SMILES string of the molecule is O=C(Cc1ccc(-n2cnnn2)cc1)N1CCC[C@H](n2ccnc2)C1. The number of amides is 1. The molecule has 0 saturated carbocycles. The van der Waals surface area contributed by atoms with Crippen molar-refractivity contribution in [1.82, 2.24) is 34.7 Å². The van der Waals surface area contributed by atoms with Crippen LogP contribution in [-0.4, -0.2) is 53.7 Å². The fourth-order valence-electron chi connectivity index (χ4n) is 3.24. The van der Waals surface area contributed by atoms with Gasteiger partial charge >= 0.3 is 0 Å². The van der Waals surface area contributed by atoms with Crippen LogP contribution < -0.4 is 0 Å². The van der Waals surface area contributed by atoms with Gasteiger partial charge in [0.25, 0.3) is 0 Å². The van der Waals surface area contributed by atoms with Crippen molar-refractivity contribution in [2.45, 2.75) is 25.3 Å². The molecule has 2 aromatic heterocycles. The number of carbonyl (C=O) groups excluding carboxylic acids is 1. The van der Waals surface area contributed by atoms with Crippen LogP contribution in [-0.2, 0) is 11.2 Å². The Balaban J connectivity index is 1.39. The van der Waals surface area contributed by atoms with E-state index in [9.17, 15) is 4.79 Å². The number of imidazole rings is 1. The lowest BCUT2D eigenvalue weighted by atomic mass is 10.0. The molecule has 3 aromatic rings. The molecule has 0 bridgehead atoms. The molecule has 8 nitrogen and oxygen atoms in total. The Morgan fingerprint density at radius 3 is 2.80 bits per heavy atom. The molecule has 128 valence electrons. The van der Waals surface area contributed by atoms with Gasteiger partial charge < -0.3 is 9.47 Å². The second kappa shape index (κ2) is 6.84. The fraction of sp³-hybridized carbons (Fsp3) is 0.353.